The molecule has 0 aromatic heterocycles. The smallest absolute Gasteiger partial charge is 0.303 e. The van der Waals surface area contributed by atoms with Gasteiger partial charge in [0.25, 0.3) is 0 Å². The van der Waals surface area contributed by atoms with Crippen LogP contribution in [0, 0.1) is 17.8 Å². The fraction of sp³-hybridized carbons (Fsp3) is 1.00. The molecule has 1 fully saturated rings. The lowest BCUT2D eigenvalue weighted by atomic mass is 9.73. The summed E-state index contributed by atoms with van der Waals surface area (Å²) in [6.45, 7) is 6.54. The van der Waals surface area contributed by atoms with E-state index in [2.05, 4.69) is 20.8 Å². The summed E-state index contributed by atoms with van der Waals surface area (Å²) in [6.07, 6.45) is -0.221. The lowest BCUT2D eigenvalue weighted by Crippen LogP contribution is -2.35. The molecule has 0 aliphatic heterocycles. The van der Waals surface area contributed by atoms with E-state index in [1.54, 1.807) is 0 Å². The molecule has 1 rings (SSSR count). The van der Waals surface area contributed by atoms with E-state index in [0.717, 1.165) is 12.8 Å². The van der Waals surface area contributed by atoms with Gasteiger partial charge in [0.1, 0.15) is 0 Å². The predicted octanol–water partition coefficient (Wildman–Crippen LogP) is 5.05. The molecule has 0 aromatic carbocycles. The summed E-state index contributed by atoms with van der Waals surface area (Å²) in [4.78, 5) is 0. The van der Waals surface area contributed by atoms with Crippen LogP contribution >= 0.6 is 28.6 Å². The quantitative estimate of drug-likeness (QED) is 0.672. The molecule has 1 aliphatic carbocycles. The van der Waals surface area contributed by atoms with Gasteiger partial charge in [0.15, 0.2) is 0 Å². The third-order valence-electron chi connectivity index (χ3n) is 3.26. The van der Waals surface area contributed by atoms with Gasteiger partial charge in [0.2, 0.25) is 0 Å². The minimum atomic E-state index is -3.39. The third-order valence-corrected chi connectivity index (χ3v) is 4.26. The van der Waals surface area contributed by atoms with Gasteiger partial charge in [-0.15, -0.1) is 0 Å². The maximum atomic E-state index is 11.3. The fourth-order valence-corrected chi connectivity index (χ4v) is 3.93. The standard InChI is InChI=1S/C10H19Cl2O2P/c1-7(2)10-8(3)5-4-6-9(10)14-15(11,12)13/h7-10H,4-6H2,1-3H3. The van der Waals surface area contributed by atoms with E-state index >= 15 is 0 Å². The van der Waals surface area contributed by atoms with Crippen molar-refractivity contribution in [1.82, 2.24) is 0 Å². The van der Waals surface area contributed by atoms with Crippen LogP contribution in [0.5, 0.6) is 0 Å². The molecule has 1 saturated carbocycles. The Balaban J connectivity index is 2.71. The summed E-state index contributed by atoms with van der Waals surface area (Å²) in [5.41, 5.74) is 0. The molecule has 0 bridgehead atoms. The van der Waals surface area contributed by atoms with E-state index in [0.29, 0.717) is 17.8 Å². The number of halogens is 2. The Kier molecular flexibility index (Phi) is 4.98. The van der Waals surface area contributed by atoms with Gasteiger partial charge in [-0.1, -0.05) is 33.6 Å². The first kappa shape index (κ1) is 13.8. The Labute approximate surface area is 102 Å². The Morgan fingerprint density at radius 1 is 1.33 bits per heavy atom. The SMILES string of the molecule is CC(C)C1C(C)CCCC1OP(=O)(Cl)Cl. The van der Waals surface area contributed by atoms with Crippen molar-refractivity contribution in [2.24, 2.45) is 17.8 Å². The Morgan fingerprint density at radius 3 is 2.40 bits per heavy atom. The average Bonchev–Trinajstić information content (AvgIpc) is 1.99. The summed E-state index contributed by atoms with van der Waals surface area (Å²) >= 11 is 11.0. The van der Waals surface area contributed by atoms with Gasteiger partial charge in [0.05, 0.1) is 6.10 Å². The van der Waals surface area contributed by atoms with Crippen molar-refractivity contribution in [3.8, 4) is 0 Å². The van der Waals surface area contributed by atoms with Crippen LogP contribution in [0.4, 0.5) is 0 Å². The summed E-state index contributed by atoms with van der Waals surface area (Å²) in [5.74, 6) is 1.50. The highest BCUT2D eigenvalue weighted by atomic mass is 35.9. The largest absolute Gasteiger partial charge is 0.380 e. The number of rotatable bonds is 3. The van der Waals surface area contributed by atoms with Crippen molar-refractivity contribution < 1.29 is 9.09 Å². The van der Waals surface area contributed by atoms with E-state index in [9.17, 15) is 4.57 Å². The zero-order valence-electron chi connectivity index (χ0n) is 9.45. The molecular weight excluding hydrogens is 254 g/mol. The van der Waals surface area contributed by atoms with Gasteiger partial charge in [-0.3, -0.25) is 4.57 Å². The molecule has 0 N–H and O–H groups in total. The Hall–Kier alpha value is 0.770. The first-order chi connectivity index (χ1) is 6.81. The Bertz CT molecular complexity index is 252. The van der Waals surface area contributed by atoms with E-state index in [-0.39, 0.29) is 6.10 Å². The number of hydrogen-bond donors (Lipinski definition) is 0. The van der Waals surface area contributed by atoms with Crippen LogP contribution in [0.15, 0.2) is 0 Å². The second-order valence-electron chi connectivity index (χ2n) is 4.79. The molecule has 0 heterocycles. The molecule has 5 heteroatoms. The lowest BCUT2D eigenvalue weighted by Gasteiger charge is -2.38. The van der Waals surface area contributed by atoms with Crippen LogP contribution in [0.2, 0.25) is 0 Å². The first-order valence-corrected chi connectivity index (χ1v) is 8.92. The van der Waals surface area contributed by atoms with E-state index in [4.69, 9.17) is 27.0 Å². The predicted molar refractivity (Wildman–Crippen MR) is 65.5 cm³/mol. The van der Waals surface area contributed by atoms with Crippen LogP contribution in [0.25, 0.3) is 0 Å². The highest BCUT2D eigenvalue weighted by Crippen LogP contribution is 2.60. The maximum absolute atomic E-state index is 11.3. The van der Waals surface area contributed by atoms with Crippen molar-refractivity contribution in [3.63, 3.8) is 0 Å². The molecule has 1 aliphatic rings. The summed E-state index contributed by atoms with van der Waals surface area (Å²) in [5, 5.41) is 0. The van der Waals surface area contributed by atoms with Crippen molar-refractivity contribution in [1.29, 1.82) is 0 Å². The molecule has 0 amide bonds. The van der Waals surface area contributed by atoms with Crippen molar-refractivity contribution in [3.05, 3.63) is 0 Å². The Morgan fingerprint density at radius 2 is 1.93 bits per heavy atom. The van der Waals surface area contributed by atoms with Gasteiger partial charge in [-0.2, -0.15) is 0 Å². The molecule has 90 valence electrons. The maximum Gasteiger partial charge on any atom is 0.380 e. The molecule has 0 saturated heterocycles. The van der Waals surface area contributed by atoms with Crippen molar-refractivity contribution in [2.45, 2.75) is 46.1 Å². The zero-order chi connectivity index (χ0) is 11.6. The van der Waals surface area contributed by atoms with Crippen molar-refractivity contribution in [2.75, 3.05) is 0 Å². The van der Waals surface area contributed by atoms with Crippen LogP contribution < -0.4 is 0 Å². The summed E-state index contributed by atoms with van der Waals surface area (Å²) < 4.78 is 16.6. The van der Waals surface area contributed by atoms with Gasteiger partial charge in [0, 0.05) is 0 Å². The molecule has 3 unspecified atom stereocenters. The van der Waals surface area contributed by atoms with Gasteiger partial charge in [-0.25, -0.2) is 0 Å². The molecule has 0 aromatic rings. The molecule has 0 radical (unpaired) electrons. The summed E-state index contributed by atoms with van der Waals surface area (Å²) in [6, 6.07) is 0. The van der Waals surface area contributed by atoms with Crippen LogP contribution in [-0.4, -0.2) is 6.10 Å². The molecule has 2 nitrogen and oxygen atoms in total. The molecule has 15 heavy (non-hydrogen) atoms. The zero-order valence-corrected chi connectivity index (χ0v) is 11.9. The second-order valence-corrected chi connectivity index (χ2v) is 9.02. The monoisotopic (exact) mass is 272 g/mol. The fourth-order valence-electron chi connectivity index (χ4n) is 2.76. The highest BCUT2D eigenvalue weighted by molar-refractivity contribution is 8.05. The lowest BCUT2D eigenvalue weighted by molar-refractivity contribution is 0.0378. The first-order valence-electron chi connectivity index (χ1n) is 5.49. The molecule has 3 atom stereocenters. The van der Waals surface area contributed by atoms with E-state index < -0.39 is 6.07 Å². The van der Waals surface area contributed by atoms with Crippen LogP contribution in [0.1, 0.15) is 40.0 Å². The van der Waals surface area contributed by atoms with Gasteiger partial charge in [-0.05, 0) is 46.7 Å². The molecular formula is C10H19Cl2O2P. The average molecular weight is 273 g/mol. The molecule has 0 spiro atoms. The van der Waals surface area contributed by atoms with Crippen LogP contribution in [0.3, 0.4) is 0 Å². The minimum Gasteiger partial charge on any atom is -0.303 e. The van der Waals surface area contributed by atoms with Gasteiger partial charge >= 0.3 is 6.07 Å². The van der Waals surface area contributed by atoms with E-state index in [1.165, 1.54) is 6.42 Å². The van der Waals surface area contributed by atoms with E-state index in [1.807, 2.05) is 0 Å². The number of hydrogen-bond acceptors (Lipinski definition) is 2. The second kappa shape index (κ2) is 5.40. The highest BCUT2D eigenvalue weighted by Gasteiger charge is 2.36. The van der Waals surface area contributed by atoms with Crippen LogP contribution in [-0.2, 0) is 9.09 Å². The third kappa shape index (κ3) is 4.26. The topological polar surface area (TPSA) is 26.3 Å². The van der Waals surface area contributed by atoms with Crippen molar-refractivity contribution >= 4 is 28.6 Å². The van der Waals surface area contributed by atoms with Gasteiger partial charge < -0.3 is 4.52 Å². The summed E-state index contributed by atoms with van der Waals surface area (Å²) in [7, 11) is 0. The normalized spacial score (nSPS) is 33.3. The minimum absolute atomic E-state index is 0.0467.